The van der Waals surface area contributed by atoms with Gasteiger partial charge in [-0.05, 0) is 24.6 Å². The normalized spacial score (nSPS) is 10.4. The van der Waals surface area contributed by atoms with E-state index in [1.165, 1.54) is 12.1 Å². The second-order valence-corrected chi connectivity index (χ2v) is 4.52. The van der Waals surface area contributed by atoms with Gasteiger partial charge in [0.15, 0.2) is 0 Å². The predicted molar refractivity (Wildman–Crippen MR) is 70.3 cm³/mol. The van der Waals surface area contributed by atoms with Gasteiger partial charge in [0.2, 0.25) is 0 Å². The van der Waals surface area contributed by atoms with Gasteiger partial charge in [0, 0.05) is 24.8 Å². The minimum absolute atomic E-state index is 0.332. The highest BCUT2D eigenvalue weighted by atomic mass is 35.5. The minimum atomic E-state index is -0.332. The standard InChI is InChI=1S/C13H13ClFN3/c1-9-6-16-7-13(17-9)18(2)8-10-3-4-11(15)5-12(10)14/h3-7H,8H2,1-2H3. The number of benzene rings is 1. The monoisotopic (exact) mass is 265 g/mol. The quantitative estimate of drug-likeness (QED) is 0.853. The Morgan fingerprint density at radius 2 is 2.11 bits per heavy atom. The minimum Gasteiger partial charge on any atom is -0.354 e. The Morgan fingerprint density at radius 1 is 1.33 bits per heavy atom. The lowest BCUT2D eigenvalue weighted by Gasteiger charge is -2.18. The van der Waals surface area contributed by atoms with Crippen molar-refractivity contribution in [2.24, 2.45) is 0 Å². The molecular weight excluding hydrogens is 253 g/mol. The largest absolute Gasteiger partial charge is 0.354 e. The van der Waals surface area contributed by atoms with E-state index >= 15 is 0 Å². The highest BCUT2D eigenvalue weighted by Crippen LogP contribution is 2.20. The van der Waals surface area contributed by atoms with E-state index in [4.69, 9.17) is 11.6 Å². The molecule has 0 bridgehead atoms. The molecule has 5 heteroatoms. The van der Waals surface area contributed by atoms with Crippen molar-refractivity contribution in [1.29, 1.82) is 0 Å². The number of nitrogens with zero attached hydrogens (tertiary/aromatic N) is 3. The van der Waals surface area contributed by atoms with Crippen LogP contribution in [0.4, 0.5) is 10.2 Å². The Kier molecular flexibility index (Phi) is 3.77. The number of aryl methyl sites for hydroxylation is 1. The van der Waals surface area contributed by atoms with Crippen LogP contribution in [0.15, 0.2) is 30.6 Å². The first-order valence-corrected chi connectivity index (χ1v) is 5.88. The van der Waals surface area contributed by atoms with E-state index in [1.54, 1.807) is 18.5 Å². The summed E-state index contributed by atoms with van der Waals surface area (Å²) in [6.07, 6.45) is 3.38. The zero-order valence-electron chi connectivity index (χ0n) is 10.2. The highest BCUT2D eigenvalue weighted by molar-refractivity contribution is 6.31. The van der Waals surface area contributed by atoms with Crippen LogP contribution in [0.3, 0.4) is 0 Å². The molecule has 94 valence electrons. The van der Waals surface area contributed by atoms with Gasteiger partial charge in [0.05, 0.1) is 11.9 Å². The fraction of sp³-hybridized carbons (Fsp3) is 0.231. The summed E-state index contributed by atoms with van der Waals surface area (Å²) in [5.74, 6) is 0.428. The van der Waals surface area contributed by atoms with Crippen molar-refractivity contribution in [3.63, 3.8) is 0 Å². The van der Waals surface area contributed by atoms with Crippen LogP contribution in [0.5, 0.6) is 0 Å². The second-order valence-electron chi connectivity index (χ2n) is 4.11. The zero-order valence-corrected chi connectivity index (χ0v) is 10.9. The summed E-state index contributed by atoms with van der Waals surface area (Å²) >= 11 is 5.99. The van der Waals surface area contributed by atoms with Crippen LogP contribution in [0.2, 0.25) is 5.02 Å². The summed E-state index contributed by atoms with van der Waals surface area (Å²) in [6, 6.07) is 4.39. The summed E-state index contributed by atoms with van der Waals surface area (Å²) in [7, 11) is 1.89. The first kappa shape index (κ1) is 12.8. The van der Waals surface area contributed by atoms with Crippen LogP contribution in [0.25, 0.3) is 0 Å². The molecule has 0 saturated heterocycles. The molecular formula is C13H13ClFN3. The van der Waals surface area contributed by atoms with Crippen molar-refractivity contribution in [2.45, 2.75) is 13.5 Å². The van der Waals surface area contributed by atoms with E-state index in [0.29, 0.717) is 11.6 Å². The molecule has 0 amide bonds. The molecule has 1 heterocycles. The van der Waals surface area contributed by atoms with E-state index in [0.717, 1.165) is 17.1 Å². The predicted octanol–water partition coefficient (Wildman–Crippen LogP) is 3.21. The smallest absolute Gasteiger partial charge is 0.147 e. The first-order chi connectivity index (χ1) is 8.56. The summed E-state index contributed by atoms with van der Waals surface area (Å²) in [6.45, 7) is 2.44. The van der Waals surface area contributed by atoms with Crippen LogP contribution >= 0.6 is 11.6 Å². The van der Waals surface area contributed by atoms with Crippen LogP contribution in [-0.2, 0) is 6.54 Å². The molecule has 18 heavy (non-hydrogen) atoms. The Hall–Kier alpha value is -1.68. The van der Waals surface area contributed by atoms with Crippen LogP contribution in [0, 0.1) is 12.7 Å². The van der Waals surface area contributed by atoms with Gasteiger partial charge in [-0.15, -0.1) is 0 Å². The summed E-state index contributed by atoms with van der Waals surface area (Å²) in [5, 5.41) is 0.419. The number of hydrogen-bond donors (Lipinski definition) is 0. The third-order valence-corrected chi connectivity index (χ3v) is 2.91. The first-order valence-electron chi connectivity index (χ1n) is 5.50. The Labute approximate surface area is 110 Å². The van der Waals surface area contributed by atoms with Crippen LogP contribution in [-0.4, -0.2) is 17.0 Å². The molecule has 0 aliphatic rings. The van der Waals surface area contributed by atoms with Crippen molar-refractivity contribution in [2.75, 3.05) is 11.9 Å². The van der Waals surface area contributed by atoms with Gasteiger partial charge >= 0.3 is 0 Å². The molecule has 0 spiro atoms. The molecule has 1 aromatic carbocycles. The molecule has 0 saturated carbocycles. The average Bonchev–Trinajstić information content (AvgIpc) is 2.32. The fourth-order valence-corrected chi connectivity index (χ4v) is 1.85. The maximum Gasteiger partial charge on any atom is 0.147 e. The summed E-state index contributed by atoms with van der Waals surface area (Å²) in [4.78, 5) is 10.4. The molecule has 0 unspecified atom stereocenters. The van der Waals surface area contributed by atoms with Gasteiger partial charge in [-0.3, -0.25) is 4.98 Å². The van der Waals surface area contributed by atoms with Crippen molar-refractivity contribution < 1.29 is 4.39 Å². The number of rotatable bonds is 3. The lowest BCUT2D eigenvalue weighted by molar-refractivity contribution is 0.627. The van der Waals surface area contributed by atoms with Crippen molar-refractivity contribution >= 4 is 17.4 Å². The molecule has 0 atom stereocenters. The van der Waals surface area contributed by atoms with Crippen molar-refractivity contribution in [3.05, 3.63) is 52.7 Å². The summed E-state index contributed by atoms with van der Waals surface area (Å²) < 4.78 is 12.9. The Morgan fingerprint density at radius 3 is 2.78 bits per heavy atom. The van der Waals surface area contributed by atoms with Gasteiger partial charge in [0.1, 0.15) is 11.6 Å². The zero-order chi connectivity index (χ0) is 13.1. The van der Waals surface area contributed by atoms with Crippen LogP contribution < -0.4 is 4.90 Å². The molecule has 0 aliphatic carbocycles. The lowest BCUT2D eigenvalue weighted by atomic mass is 10.2. The highest BCUT2D eigenvalue weighted by Gasteiger charge is 2.08. The van der Waals surface area contributed by atoms with Gasteiger partial charge in [-0.25, -0.2) is 9.37 Å². The number of aromatic nitrogens is 2. The molecule has 0 radical (unpaired) electrons. The van der Waals surface area contributed by atoms with Crippen molar-refractivity contribution in [3.8, 4) is 0 Å². The molecule has 2 rings (SSSR count). The Balaban J connectivity index is 2.18. The van der Waals surface area contributed by atoms with Crippen LogP contribution in [0.1, 0.15) is 11.3 Å². The third-order valence-electron chi connectivity index (χ3n) is 2.56. The maximum absolute atomic E-state index is 12.9. The maximum atomic E-state index is 12.9. The lowest BCUT2D eigenvalue weighted by Crippen LogP contribution is -2.18. The summed E-state index contributed by atoms with van der Waals surface area (Å²) in [5.41, 5.74) is 1.70. The van der Waals surface area contributed by atoms with Gasteiger partial charge in [0.25, 0.3) is 0 Å². The Bertz CT molecular complexity index is 560. The number of anilines is 1. The van der Waals surface area contributed by atoms with E-state index < -0.39 is 0 Å². The molecule has 3 nitrogen and oxygen atoms in total. The van der Waals surface area contributed by atoms with E-state index in [-0.39, 0.29) is 5.82 Å². The van der Waals surface area contributed by atoms with Gasteiger partial charge in [-0.2, -0.15) is 0 Å². The van der Waals surface area contributed by atoms with E-state index in [2.05, 4.69) is 9.97 Å². The molecule has 0 N–H and O–H groups in total. The number of halogens is 2. The van der Waals surface area contributed by atoms with Gasteiger partial charge < -0.3 is 4.90 Å². The second kappa shape index (κ2) is 5.31. The van der Waals surface area contributed by atoms with Crippen molar-refractivity contribution in [1.82, 2.24) is 9.97 Å². The van der Waals surface area contributed by atoms with Gasteiger partial charge in [-0.1, -0.05) is 17.7 Å². The average molecular weight is 266 g/mol. The molecule has 0 fully saturated rings. The third kappa shape index (κ3) is 2.96. The number of hydrogen-bond acceptors (Lipinski definition) is 3. The molecule has 0 aliphatic heterocycles. The molecule has 2 aromatic rings. The fourth-order valence-electron chi connectivity index (χ4n) is 1.62. The molecule has 1 aromatic heterocycles. The van der Waals surface area contributed by atoms with E-state index in [1.807, 2.05) is 18.9 Å². The SMILES string of the molecule is Cc1cncc(N(C)Cc2ccc(F)cc2Cl)n1. The van der Waals surface area contributed by atoms with E-state index in [9.17, 15) is 4.39 Å². The topological polar surface area (TPSA) is 29.0 Å².